The van der Waals surface area contributed by atoms with E-state index in [1.807, 2.05) is 109 Å². The first-order chi connectivity index (χ1) is 15.6. The molecule has 0 aliphatic rings. The molecular weight excluding hydrogens is 416 g/mol. The topological polar surface area (TPSA) is 43.4 Å². The highest BCUT2D eigenvalue weighted by Gasteiger charge is 2.26. The first kappa shape index (κ1) is 21.3. The number of benzene rings is 4. The number of hydrogen-bond acceptors (Lipinski definition) is 3. The first-order valence-electron chi connectivity index (χ1n) is 10.2. The van der Waals surface area contributed by atoms with E-state index in [2.05, 4.69) is 0 Å². The molecule has 0 radical (unpaired) electrons. The van der Waals surface area contributed by atoms with Gasteiger partial charge in [0.25, 0.3) is 0 Å². The van der Waals surface area contributed by atoms with Gasteiger partial charge in [-0.15, -0.1) is 0 Å². The van der Waals surface area contributed by atoms with Gasteiger partial charge in [-0.25, -0.2) is 0 Å². The molecule has 0 saturated heterocycles. The second kappa shape index (κ2) is 9.94. The van der Waals surface area contributed by atoms with E-state index in [-0.39, 0.29) is 4.91 Å². The summed E-state index contributed by atoms with van der Waals surface area (Å²) in [5, 5.41) is 0. The SMILES string of the molecule is O=S(=O)(OC=Cc1ccccc1)C(=C(c1ccccc1)c1ccccc1)c1ccccc1. The molecule has 0 saturated carbocycles. The van der Waals surface area contributed by atoms with E-state index in [1.165, 1.54) is 6.26 Å². The van der Waals surface area contributed by atoms with Crippen molar-refractivity contribution in [2.75, 3.05) is 0 Å². The average Bonchev–Trinajstić information content (AvgIpc) is 2.84. The van der Waals surface area contributed by atoms with E-state index in [0.717, 1.165) is 16.7 Å². The highest BCUT2D eigenvalue weighted by molar-refractivity contribution is 7.96. The Labute approximate surface area is 189 Å². The maximum atomic E-state index is 13.6. The standard InChI is InChI=1S/C28H22O3S/c29-32(30,31-22-21-23-13-5-1-6-14-23)28(26-19-11-4-12-20-26)27(24-15-7-2-8-16-24)25-17-9-3-10-18-25/h1-22H. The molecule has 4 rings (SSSR count). The van der Waals surface area contributed by atoms with Crippen LogP contribution >= 0.6 is 0 Å². The van der Waals surface area contributed by atoms with Crippen LogP contribution in [-0.4, -0.2) is 8.42 Å². The van der Waals surface area contributed by atoms with Gasteiger partial charge in [0.2, 0.25) is 0 Å². The van der Waals surface area contributed by atoms with E-state index < -0.39 is 10.1 Å². The normalized spacial score (nSPS) is 11.2. The average molecular weight is 439 g/mol. The van der Waals surface area contributed by atoms with Gasteiger partial charge in [0.05, 0.1) is 0 Å². The van der Waals surface area contributed by atoms with Gasteiger partial charge in [-0.2, -0.15) is 8.42 Å². The lowest BCUT2D eigenvalue weighted by molar-refractivity contribution is 0.457. The lowest BCUT2D eigenvalue weighted by Gasteiger charge is -2.16. The molecule has 0 amide bonds. The van der Waals surface area contributed by atoms with Crippen molar-refractivity contribution in [2.45, 2.75) is 0 Å². The predicted octanol–water partition coefficient (Wildman–Crippen LogP) is 6.62. The second-order valence-electron chi connectivity index (χ2n) is 7.07. The lowest BCUT2D eigenvalue weighted by Crippen LogP contribution is -2.08. The molecule has 0 aliphatic heterocycles. The molecule has 0 bridgehead atoms. The van der Waals surface area contributed by atoms with Gasteiger partial charge >= 0.3 is 10.1 Å². The summed E-state index contributed by atoms with van der Waals surface area (Å²) in [5.41, 5.74) is 3.57. The van der Waals surface area contributed by atoms with Crippen molar-refractivity contribution < 1.29 is 12.6 Å². The van der Waals surface area contributed by atoms with Crippen LogP contribution < -0.4 is 0 Å². The van der Waals surface area contributed by atoms with E-state index in [9.17, 15) is 8.42 Å². The van der Waals surface area contributed by atoms with Gasteiger partial charge in [0.15, 0.2) is 0 Å². The third-order valence-corrected chi connectivity index (χ3v) is 6.18. The molecule has 0 unspecified atom stereocenters. The van der Waals surface area contributed by atoms with Crippen molar-refractivity contribution in [3.8, 4) is 0 Å². The van der Waals surface area contributed by atoms with Crippen molar-refractivity contribution in [2.24, 2.45) is 0 Å². The predicted molar refractivity (Wildman–Crippen MR) is 131 cm³/mol. The van der Waals surface area contributed by atoms with Crippen LogP contribution in [0.15, 0.2) is 128 Å². The molecule has 0 fully saturated rings. The molecule has 3 nitrogen and oxygen atoms in total. The van der Waals surface area contributed by atoms with Gasteiger partial charge < -0.3 is 4.18 Å². The molecule has 158 valence electrons. The van der Waals surface area contributed by atoms with E-state index in [4.69, 9.17) is 4.18 Å². The molecule has 32 heavy (non-hydrogen) atoms. The Hall–Kier alpha value is -3.89. The third kappa shape index (κ3) is 5.05. The smallest absolute Gasteiger partial charge is 0.339 e. The minimum Gasteiger partial charge on any atom is -0.387 e. The van der Waals surface area contributed by atoms with Crippen LogP contribution in [0.1, 0.15) is 22.3 Å². The second-order valence-corrected chi connectivity index (χ2v) is 8.57. The van der Waals surface area contributed by atoms with Gasteiger partial charge in [-0.05, 0) is 28.3 Å². The highest BCUT2D eigenvalue weighted by Crippen LogP contribution is 2.36. The summed E-state index contributed by atoms with van der Waals surface area (Å²) in [6.45, 7) is 0. The molecule has 4 aromatic rings. The van der Waals surface area contributed by atoms with Crippen molar-refractivity contribution >= 4 is 26.7 Å². The molecular formula is C28H22O3S. The lowest BCUT2D eigenvalue weighted by atomic mass is 9.95. The Kier molecular flexibility index (Phi) is 6.63. The zero-order chi connectivity index (χ0) is 22.2. The van der Waals surface area contributed by atoms with Crippen LogP contribution in [0.2, 0.25) is 0 Å². The van der Waals surface area contributed by atoms with Crippen LogP contribution in [0, 0.1) is 0 Å². The summed E-state index contributed by atoms with van der Waals surface area (Å²) in [7, 11) is -4.15. The van der Waals surface area contributed by atoms with E-state index in [0.29, 0.717) is 11.1 Å². The zero-order valence-electron chi connectivity index (χ0n) is 17.3. The van der Waals surface area contributed by atoms with Gasteiger partial charge in [0.1, 0.15) is 11.2 Å². The zero-order valence-corrected chi connectivity index (χ0v) is 18.2. The van der Waals surface area contributed by atoms with Crippen molar-refractivity contribution in [3.63, 3.8) is 0 Å². The number of rotatable bonds is 7. The van der Waals surface area contributed by atoms with Crippen LogP contribution in [0.4, 0.5) is 0 Å². The molecule has 0 aliphatic carbocycles. The van der Waals surface area contributed by atoms with Gasteiger partial charge in [-0.1, -0.05) is 121 Å². The minimum absolute atomic E-state index is 0.119. The van der Waals surface area contributed by atoms with Gasteiger partial charge in [0, 0.05) is 5.57 Å². The number of hydrogen-bond donors (Lipinski definition) is 0. The first-order valence-corrected chi connectivity index (χ1v) is 11.6. The highest BCUT2D eigenvalue weighted by atomic mass is 32.2. The van der Waals surface area contributed by atoms with Crippen LogP contribution in [0.3, 0.4) is 0 Å². The molecule has 0 heterocycles. The summed E-state index contributed by atoms with van der Waals surface area (Å²) in [5.74, 6) is 0. The van der Waals surface area contributed by atoms with E-state index in [1.54, 1.807) is 18.2 Å². The molecule has 0 N–H and O–H groups in total. The summed E-state index contributed by atoms with van der Waals surface area (Å²) in [4.78, 5) is 0.119. The molecule has 0 atom stereocenters. The fraction of sp³-hybridized carbons (Fsp3) is 0. The summed E-state index contributed by atoms with van der Waals surface area (Å²) < 4.78 is 32.6. The maximum absolute atomic E-state index is 13.6. The largest absolute Gasteiger partial charge is 0.387 e. The van der Waals surface area contributed by atoms with Crippen LogP contribution in [0.5, 0.6) is 0 Å². The Bertz CT molecular complexity index is 1270. The fourth-order valence-electron chi connectivity index (χ4n) is 3.43. The molecule has 4 aromatic carbocycles. The molecule has 0 aromatic heterocycles. The molecule has 0 spiro atoms. The van der Waals surface area contributed by atoms with Crippen molar-refractivity contribution in [1.82, 2.24) is 0 Å². The Morgan fingerprint density at radius 3 is 1.44 bits per heavy atom. The Morgan fingerprint density at radius 1 is 0.562 bits per heavy atom. The fourth-order valence-corrected chi connectivity index (χ4v) is 4.64. The van der Waals surface area contributed by atoms with E-state index >= 15 is 0 Å². The van der Waals surface area contributed by atoms with Crippen LogP contribution in [0.25, 0.3) is 16.6 Å². The van der Waals surface area contributed by atoms with Crippen LogP contribution in [-0.2, 0) is 14.3 Å². The third-order valence-electron chi connectivity index (χ3n) is 4.88. The van der Waals surface area contributed by atoms with Crippen molar-refractivity contribution in [1.29, 1.82) is 0 Å². The summed E-state index contributed by atoms with van der Waals surface area (Å²) in [6, 6.07) is 37.5. The maximum Gasteiger partial charge on any atom is 0.339 e. The quantitative estimate of drug-likeness (QED) is 0.185. The monoisotopic (exact) mass is 438 g/mol. The molecule has 4 heteroatoms. The van der Waals surface area contributed by atoms with Crippen molar-refractivity contribution in [3.05, 3.63) is 150 Å². The Morgan fingerprint density at radius 2 is 0.969 bits per heavy atom. The minimum atomic E-state index is -4.15. The van der Waals surface area contributed by atoms with Gasteiger partial charge in [-0.3, -0.25) is 0 Å². The summed E-state index contributed by atoms with van der Waals surface area (Å²) >= 11 is 0. The summed E-state index contributed by atoms with van der Waals surface area (Å²) in [6.07, 6.45) is 2.85. The Balaban J connectivity index is 1.90.